The van der Waals surface area contributed by atoms with Crippen molar-refractivity contribution in [2.24, 2.45) is 11.3 Å². The number of carbonyl (C=O) groups excluding carboxylic acids is 1. The predicted octanol–water partition coefficient (Wildman–Crippen LogP) is 1.53. The molecule has 0 aromatic rings. The van der Waals surface area contributed by atoms with Gasteiger partial charge in [-0.3, -0.25) is 4.79 Å². The fourth-order valence-corrected chi connectivity index (χ4v) is 3.41. The lowest BCUT2D eigenvalue weighted by molar-refractivity contribution is -0.135. The molecule has 3 aliphatic rings. The summed E-state index contributed by atoms with van der Waals surface area (Å²) in [6, 6.07) is 0. The van der Waals surface area contributed by atoms with E-state index in [1.165, 1.54) is 0 Å². The Morgan fingerprint density at radius 1 is 1.43 bits per heavy atom. The minimum absolute atomic E-state index is 0.135. The van der Waals surface area contributed by atoms with Crippen LogP contribution in [0.3, 0.4) is 0 Å². The molecule has 0 bridgehead atoms. The molecule has 0 aromatic carbocycles. The smallest absolute Gasteiger partial charge is 0.339 e. The molecule has 1 spiro atoms. The van der Waals surface area contributed by atoms with Crippen LogP contribution in [0.1, 0.15) is 32.1 Å². The van der Waals surface area contributed by atoms with Gasteiger partial charge in [0.05, 0.1) is 0 Å². The van der Waals surface area contributed by atoms with E-state index >= 15 is 0 Å². The van der Waals surface area contributed by atoms with Gasteiger partial charge in [-0.1, -0.05) is 0 Å². The third-order valence-electron chi connectivity index (χ3n) is 4.17. The molecule has 0 radical (unpaired) electrons. The van der Waals surface area contributed by atoms with Crippen molar-refractivity contribution in [1.29, 1.82) is 0 Å². The Morgan fingerprint density at radius 3 is 2.86 bits per heavy atom. The molecule has 14 heavy (non-hydrogen) atoms. The zero-order valence-electron chi connectivity index (χ0n) is 7.88. The minimum Gasteiger partial charge on any atom is -0.478 e. The van der Waals surface area contributed by atoms with Gasteiger partial charge in [0, 0.05) is 6.42 Å². The van der Waals surface area contributed by atoms with Crippen molar-refractivity contribution in [1.82, 2.24) is 0 Å². The molecule has 2 fully saturated rings. The van der Waals surface area contributed by atoms with E-state index in [2.05, 4.69) is 0 Å². The van der Waals surface area contributed by atoms with E-state index in [0.717, 1.165) is 31.3 Å². The zero-order valence-corrected chi connectivity index (χ0v) is 7.88. The lowest BCUT2D eigenvalue weighted by atomic mass is 9.80. The van der Waals surface area contributed by atoms with Crippen LogP contribution in [0, 0.1) is 11.3 Å². The van der Waals surface area contributed by atoms with Crippen molar-refractivity contribution in [2.75, 3.05) is 0 Å². The second kappa shape index (κ2) is 2.27. The van der Waals surface area contributed by atoms with Crippen LogP contribution < -0.4 is 0 Å². The van der Waals surface area contributed by atoms with Gasteiger partial charge in [-0.25, -0.2) is 4.79 Å². The van der Waals surface area contributed by atoms with Crippen LogP contribution in [0.4, 0.5) is 0 Å². The second-order valence-electron chi connectivity index (χ2n) is 4.68. The van der Waals surface area contributed by atoms with E-state index in [0.29, 0.717) is 12.3 Å². The number of carbonyl (C=O) groups is 2. The van der Waals surface area contributed by atoms with Gasteiger partial charge in [0.25, 0.3) is 0 Å². The Morgan fingerprint density at radius 2 is 2.21 bits per heavy atom. The van der Waals surface area contributed by atoms with E-state index < -0.39 is 5.97 Å². The summed E-state index contributed by atoms with van der Waals surface area (Å²) >= 11 is 0. The van der Waals surface area contributed by atoms with E-state index in [1.807, 2.05) is 0 Å². The largest absolute Gasteiger partial charge is 0.478 e. The summed E-state index contributed by atoms with van der Waals surface area (Å²) in [5.74, 6) is -0.456. The fourth-order valence-electron chi connectivity index (χ4n) is 3.41. The summed E-state index contributed by atoms with van der Waals surface area (Å²) < 4.78 is 0. The quantitative estimate of drug-likeness (QED) is 0.641. The molecule has 0 aromatic heterocycles. The van der Waals surface area contributed by atoms with E-state index in [1.54, 1.807) is 0 Å². The number of hydrogen-bond acceptors (Lipinski definition) is 2. The maximum atomic E-state index is 11.5. The zero-order chi connectivity index (χ0) is 9.92. The number of carboxylic acids is 1. The third kappa shape index (κ3) is 0.781. The molecule has 0 saturated heterocycles. The first-order valence-corrected chi connectivity index (χ1v) is 5.15. The molecule has 2 atom stereocenters. The second-order valence-corrected chi connectivity index (χ2v) is 4.68. The highest BCUT2D eigenvalue weighted by Crippen LogP contribution is 2.70. The molecule has 3 aliphatic carbocycles. The summed E-state index contributed by atoms with van der Waals surface area (Å²) in [5.41, 5.74) is 1.28. The lowest BCUT2D eigenvalue weighted by Crippen LogP contribution is -2.24. The van der Waals surface area contributed by atoms with E-state index in [4.69, 9.17) is 5.11 Å². The summed E-state index contributed by atoms with van der Waals surface area (Å²) in [6.07, 6.45) is 4.42. The number of ketones is 1. The molecular weight excluding hydrogens is 180 g/mol. The normalized spacial score (nSPS) is 39.4. The van der Waals surface area contributed by atoms with Crippen molar-refractivity contribution in [3.05, 3.63) is 11.1 Å². The third-order valence-corrected chi connectivity index (χ3v) is 4.17. The Kier molecular flexibility index (Phi) is 1.33. The van der Waals surface area contributed by atoms with Gasteiger partial charge < -0.3 is 5.11 Å². The van der Waals surface area contributed by atoms with Gasteiger partial charge in [-0.05, 0) is 42.6 Å². The molecular formula is C11H12O3. The van der Waals surface area contributed by atoms with Crippen molar-refractivity contribution >= 4 is 11.8 Å². The Hall–Kier alpha value is -1.12. The fraction of sp³-hybridized carbons (Fsp3) is 0.636. The Bertz CT molecular complexity index is 380. The van der Waals surface area contributed by atoms with Crippen molar-refractivity contribution in [2.45, 2.75) is 32.1 Å². The average Bonchev–Trinajstić information content (AvgIpc) is 2.72. The van der Waals surface area contributed by atoms with Gasteiger partial charge >= 0.3 is 5.97 Å². The van der Waals surface area contributed by atoms with Crippen molar-refractivity contribution in [3.63, 3.8) is 0 Å². The van der Waals surface area contributed by atoms with Crippen LogP contribution in [0.5, 0.6) is 0 Å². The number of aliphatic carboxylic acids is 1. The first kappa shape index (κ1) is 8.21. The van der Waals surface area contributed by atoms with Gasteiger partial charge in [-0.2, -0.15) is 0 Å². The SMILES string of the molecule is O=C(O)C1=C2CCC3CC23CCC1=O. The molecule has 0 heterocycles. The molecule has 3 heteroatoms. The summed E-state index contributed by atoms with van der Waals surface area (Å²) in [6.45, 7) is 0. The van der Waals surface area contributed by atoms with Crippen LogP contribution in [-0.4, -0.2) is 16.9 Å². The first-order valence-electron chi connectivity index (χ1n) is 5.15. The highest BCUT2D eigenvalue weighted by Gasteiger charge is 2.62. The van der Waals surface area contributed by atoms with Crippen molar-refractivity contribution in [3.8, 4) is 0 Å². The maximum Gasteiger partial charge on any atom is 0.339 e. The van der Waals surface area contributed by atoms with Crippen LogP contribution in [-0.2, 0) is 9.59 Å². The number of allylic oxidation sites excluding steroid dienone is 1. The van der Waals surface area contributed by atoms with E-state index in [-0.39, 0.29) is 16.8 Å². The predicted molar refractivity (Wildman–Crippen MR) is 48.7 cm³/mol. The first-order chi connectivity index (χ1) is 6.65. The molecule has 2 saturated carbocycles. The molecule has 3 rings (SSSR count). The number of hydrogen-bond donors (Lipinski definition) is 1. The number of rotatable bonds is 1. The molecule has 74 valence electrons. The summed E-state index contributed by atoms with van der Waals surface area (Å²) in [5, 5.41) is 9.01. The van der Waals surface area contributed by atoms with Gasteiger partial charge in [0.2, 0.25) is 0 Å². The standard InChI is InChI=1S/C11H12O3/c12-8-3-4-11-5-6(11)1-2-7(11)9(8)10(13)14/h6H,1-5H2,(H,13,14). The number of Topliss-reactive ketones (excluding diaryl/α,β-unsaturated/α-hetero) is 1. The highest BCUT2D eigenvalue weighted by molar-refractivity contribution is 6.18. The maximum absolute atomic E-state index is 11.5. The lowest BCUT2D eigenvalue weighted by Gasteiger charge is -2.23. The Balaban J connectivity index is 2.15. The monoisotopic (exact) mass is 192 g/mol. The summed E-state index contributed by atoms with van der Waals surface area (Å²) in [7, 11) is 0. The van der Waals surface area contributed by atoms with Crippen LogP contribution in [0.25, 0.3) is 0 Å². The van der Waals surface area contributed by atoms with Gasteiger partial charge in [-0.15, -0.1) is 0 Å². The van der Waals surface area contributed by atoms with Crippen LogP contribution >= 0.6 is 0 Å². The minimum atomic E-state index is -1.00. The molecule has 3 nitrogen and oxygen atoms in total. The molecule has 2 unspecified atom stereocenters. The van der Waals surface area contributed by atoms with Crippen LogP contribution in [0.15, 0.2) is 11.1 Å². The van der Waals surface area contributed by atoms with Gasteiger partial charge in [0.1, 0.15) is 5.57 Å². The summed E-state index contributed by atoms with van der Waals surface area (Å²) in [4.78, 5) is 22.5. The van der Waals surface area contributed by atoms with Gasteiger partial charge in [0.15, 0.2) is 5.78 Å². The average molecular weight is 192 g/mol. The van der Waals surface area contributed by atoms with Crippen LogP contribution in [0.2, 0.25) is 0 Å². The molecule has 0 amide bonds. The molecule has 0 aliphatic heterocycles. The topological polar surface area (TPSA) is 54.4 Å². The molecule has 1 N–H and O–H groups in total. The highest BCUT2D eigenvalue weighted by atomic mass is 16.4. The van der Waals surface area contributed by atoms with E-state index in [9.17, 15) is 9.59 Å². The Labute approximate surface area is 81.8 Å². The number of carboxylic acid groups (broad SMARTS) is 1. The van der Waals surface area contributed by atoms with Crippen molar-refractivity contribution < 1.29 is 14.7 Å².